The van der Waals surface area contributed by atoms with Crippen molar-refractivity contribution in [3.05, 3.63) is 57.1 Å². The van der Waals surface area contributed by atoms with Crippen LogP contribution in [0.25, 0.3) is 0 Å². The fraction of sp³-hybridized carbons (Fsp3) is 0.450. The summed E-state index contributed by atoms with van der Waals surface area (Å²) >= 11 is 2.72. The highest BCUT2D eigenvalue weighted by Crippen LogP contribution is 2.38. The Morgan fingerprint density at radius 2 is 1.92 bits per heavy atom. The van der Waals surface area contributed by atoms with E-state index in [2.05, 4.69) is 0 Å². The molecule has 2 aromatic heterocycles. The van der Waals surface area contributed by atoms with E-state index in [0.29, 0.717) is 15.7 Å². The number of thiophene rings is 2. The van der Waals surface area contributed by atoms with Gasteiger partial charge in [0, 0.05) is 14.1 Å². The zero-order valence-electron chi connectivity index (χ0n) is 15.1. The van der Waals surface area contributed by atoms with Gasteiger partial charge >= 0.3 is 5.97 Å². The normalized spacial score (nSPS) is 16.4. The summed E-state index contributed by atoms with van der Waals surface area (Å²) in [5.41, 5.74) is -1.74. The molecule has 0 aliphatic heterocycles. The summed E-state index contributed by atoms with van der Waals surface area (Å²) in [7, 11) is 3.87. The Balaban J connectivity index is 1.83. The lowest BCUT2D eigenvalue weighted by atomic mass is 9.81. The minimum absolute atomic E-state index is 0.332. The molecule has 0 spiro atoms. The maximum Gasteiger partial charge on any atom is 0.350 e. The lowest BCUT2D eigenvalue weighted by molar-refractivity contribution is -0.166. The van der Waals surface area contributed by atoms with Crippen molar-refractivity contribution < 1.29 is 14.6 Å². The first-order chi connectivity index (χ1) is 12.5. The molecule has 1 atom stereocenters. The van der Waals surface area contributed by atoms with Crippen molar-refractivity contribution in [1.29, 1.82) is 0 Å². The predicted molar refractivity (Wildman–Crippen MR) is 106 cm³/mol. The van der Waals surface area contributed by atoms with Crippen LogP contribution in [0.4, 0.5) is 0 Å². The number of aliphatic hydroxyl groups is 1. The summed E-state index contributed by atoms with van der Waals surface area (Å²) in [6.07, 6.45) is 7.92. The number of esters is 1. The summed E-state index contributed by atoms with van der Waals surface area (Å²) in [4.78, 5) is 16.2. The molecule has 2 heterocycles. The van der Waals surface area contributed by atoms with E-state index in [-0.39, 0.29) is 6.10 Å². The van der Waals surface area contributed by atoms with E-state index in [9.17, 15) is 9.90 Å². The van der Waals surface area contributed by atoms with Crippen molar-refractivity contribution in [3.63, 3.8) is 0 Å². The number of ether oxygens (including phenoxy) is 1. The molecule has 1 aliphatic rings. The molecule has 1 fully saturated rings. The van der Waals surface area contributed by atoms with Crippen molar-refractivity contribution >= 4 is 28.6 Å². The minimum atomic E-state index is -1.74. The Bertz CT molecular complexity index is 684. The van der Waals surface area contributed by atoms with Crippen LogP contribution in [0.1, 0.15) is 35.4 Å². The summed E-state index contributed by atoms with van der Waals surface area (Å²) in [5.74, 6) is -0.00805. The quantitative estimate of drug-likeness (QED) is 0.685. The fourth-order valence-corrected chi connectivity index (χ4v) is 4.72. The van der Waals surface area contributed by atoms with Gasteiger partial charge in [0.1, 0.15) is 6.10 Å². The summed E-state index contributed by atoms with van der Waals surface area (Å²) in [6.45, 7) is 0. The van der Waals surface area contributed by atoms with Crippen LogP contribution in [0.15, 0.2) is 47.3 Å². The van der Waals surface area contributed by atoms with Crippen LogP contribution in [-0.2, 0) is 15.1 Å². The van der Waals surface area contributed by atoms with Crippen LogP contribution < -0.4 is 0 Å². The Kier molecular flexibility index (Phi) is 6.16. The van der Waals surface area contributed by atoms with Crippen molar-refractivity contribution in [3.8, 4) is 0 Å². The second-order valence-electron chi connectivity index (χ2n) is 6.95. The first-order valence-electron chi connectivity index (χ1n) is 8.86. The van der Waals surface area contributed by atoms with Crippen LogP contribution in [0.3, 0.4) is 0 Å². The molecular weight excluding hydrogens is 366 g/mol. The van der Waals surface area contributed by atoms with Gasteiger partial charge in [0.25, 0.3) is 0 Å². The van der Waals surface area contributed by atoms with E-state index in [1.807, 2.05) is 54.2 Å². The van der Waals surface area contributed by atoms with E-state index in [0.717, 1.165) is 6.42 Å². The van der Waals surface area contributed by atoms with Crippen molar-refractivity contribution in [1.82, 2.24) is 4.90 Å². The fourth-order valence-electron chi connectivity index (χ4n) is 3.01. The summed E-state index contributed by atoms with van der Waals surface area (Å²) in [5, 5.41) is 15.1. The number of rotatable bonds is 8. The molecule has 0 aromatic carbocycles. The highest BCUT2D eigenvalue weighted by molar-refractivity contribution is 7.12. The maximum atomic E-state index is 13.1. The average Bonchev–Trinajstić information content (AvgIpc) is 3.28. The number of carbonyl (C=O) groups is 1. The van der Waals surface area contributed by atoms with Gasteiger partial charge in [0.15, 0.2) is 0 Å². The van der Waals surface area contributed by atoms with Gasteiger partial charge in [-0.1, -0.05) is 31.4 Å². The topological polar surface area (TPSA) is 49.8 Å². The van der Waals surface area contributed by atoms with Crippen LogP contribution in [0.2, 0.25) is 0 Å². The van der Waals surface area contributed by atoms with Gasteiger partial charge in [-0.3, -0.25) is 0 Å². The molecule has 0 radical (unpaired) electrons. The van der Waals surface area contributed by atoms with Crippen molar-refractivity contribution in [2.75, 3.05) is 14.1 Å². The average molecular weight is 392 g/mol. The maximum absolute atomic E-state index is 13.1. The van der Waals surface area contributed by atoms with E-state index in [1.165, 1.54) is 41.9 Å². The predicted octanol–water partition coefficient (Wildman–Crippen LogP) is 4.22. The number of carbonyl (C=O) groups excluding carboxylic acids is 1. The number of nitrogens with zero attached hydrogens (tertiary/aromatic N) is 1. The third-order valence-corrected chi connectivity index (χ3v) is 6.66. The standard InChI is InChI=1S/C20H25NO3S2/c1-21(2)11-10-16(14-15-6-3-7-15)24-19(22)20(23,17-8-4-12-25-17)18-9-5-13-26-18/h4-5,8-13,15-16,23H,3,6-7,14H2,1-2H3/b11-10+. The second-order valence-corrected chi connectivity index (χ2v) is 8.84. The molecule has 2 aromatic rings. The molecule has 1 aliphatic carbocycles. The van der Waals surface area contributed by atoms with Crippen LogP contribution in [0, 0.1) is 5.92 Å². The molecule has 1 N–H and O–H groups in total. The van der Waals surface area contributed by atoms with Gasteiger partial charge in [-0.2, -0.15) is 0 Å². The Morgan fingerprint density at radius 3 is 2.35 bits per heavy atom. The van der Waals surface area contributed by atoms with Crippen LogP contribution in [-0.4, -0.2) is 36.2 Å². The van der Waals surface area contributed by atoms with Crippen molar-refractivity contribution in [2.45, 2.75) is 37.4 Å². The molecular formula is C20H25NO3S2. The highest BCUT2D eigenvalue weighted by atomic mass is 32.1. The smallest absolute Gasteiger partial charge is 0.350 e. The van der Waals surface area contributed by atoms with Gasteiger partial charge in [-0.15, -0.1) is 22.7 Å². The van der Waals surface area contributed by atoms with Gasteiger partial charge in [0.05, 0.1) is 9.75 Å². The van der Waals surface area contributed by atoms with Crippen LogP contribution >= 0.6 is 22.7 Å². The molecule has 6 heteroatoms. The Labute approximate surface area is 162 Å². The monoisotopic (exact) mass is 391 g/mol. The molecule has 0 amide bonds. The van der Waals surface area contributed by atoms with Gasteiger partial charge in [-0.05, 0) is 47.5 Å². The SMILES string of the molecule is CN(C)/C=C/C(CC1CCC1)OC(=O)C(O)(c1cccs1)c1cccs1. The molecule has 4 nitrogen and oxygen atoms in total. The summed E-state index contributed by atoms with van der Waals surface area (Å²) in [6, 6.07) is 7.23. The molecule has 3 rings (SSSR count). The molecule has 0 saturated heterocycles. The first kappa shape index (κ1) is 19.1. The third-order valence-electron chi connectivity index (χ3n) is 4.70. The Hall–Kier alpha value is -1.63. The molecule has 1 unspecified atom stereocenters. The number of hydrogen-bond donors (Lipinski definition) is 1. The van der Waals surface area contributed by atoms with Gasteiger partial charge in [0.2, 0.25) is 5.60 Å². The Morgan fingerprint density at radius 1 is 1.31 bits per heavy atom. The lowest BCUT2D eigenvalue weighted by Crippen LogP contribution is -2.39. The van der Waals surface area contributed by atoms with E-state index >= 15 is 0 Å². The molecule has 140 valence electrons. The van der Waals surface area contributed by atoms with E-state index < -0.39 is 11.6 Å². The molecule has 0 bridgehead atoms. The third kappa shape index (κ3) is 4.19. The van der Waals surface area contributed by atoms with Crippen molar-refractivity contribution in [2.24, 2.45) is 5.92 Å². The zero-order valence-corrected chi connectivity index (χ0v) is 16.8. The molecule has 26 heavy (non-hydrogen) atoms. The lowest BCUT2D eigenvalue weighted by Gasteiger charge is -2.31. The van der Waals surface area contributed by atoms with Crippen LogP contribution in [0.5, 0.6) is 0 Å². The van der Waals surface area contributed by atoms with Gasteiger partial charge < -0.3 is 14.7 Å². The van der Waals surface area contributed by atoms with Gasteiger partial charge in [-0.25, -0.2) is 4.79 Å². The summed E-state index contributed by atoms with van der Waals surface area (Å²) < 4.78 is 5.83. The largest absolute Gasteiger partial charge is 0.455 e. The first-order valence-corrected chi connectivity index (χ1v) is 10.6. The van der Waals surface area contributed by atoms with E-state index in [4.69, 9.17) is 4.74 Å². The van der Waals surface area contributed by atoms with E-state index in [1.54, 1.807) is 12.1 Å². The zero-order chi connectivity index (χ0) is 18.6. The number of hydrogen-bond acceptors (Lipinski definition) is 6. The highest BCUT2D eigenvalue weighted by Gasteiger charge is 2.44. The minimum Gasteiger partial charge on any atom is -0.455 e. The second kappa shape index (κ2) is 8.37. The molecule has 1 saturated carbocycles.